The van der Waals surface area contributed by atoms with Crippen molar-refractivity contribution in [3.63, 3.8) is 0 Å². The highest BCUT2D eigenvalue weighted by Crippen LogP contribution is 2.32. The number of hydrogen-bond acceptors (Lipinski definition) is 5. The van der Waals surface area contributed by atoms with E-state index in [9.17, 15) is 9.59 Å². The van der Waals surface area contributed by atoms with E-state index in [0.717, 1.165) is 10.8 Å². The van der Waals surface area contributed by atoms with Crippen LogP contribution in [-0.4, -0.2) is 18.5 Å². The molecule has 0 saturated heterocycles. The molecule has 4 aromatic rings. The van der Waals surface area contributed by atoms with Crippen molar-refractivity contribution in [3.05, 3.63) is 88.6 Å². The number of thiophene rings is 1. The van der Waals surface area contributed by atoms with Crippen molar-refractivity contribution in [1.82, 2.24) is 0 Å². The molecule has 0 unspecified atom stereocenters. The Morgan fingerprint density at radius 1 is 0.879 bits per heavy atom. The SMILES string of the molecule is CC(C)(C)c1ccc(OCC(=O)Nc2ccc(OC(=O)c3cccs3)c3ccccc23)cc1. The van der Waals surface area contributed by atoms with E-state index in [1.54, 1.807) is 24.3 Å². The number of hydrogen-bond donors (Lipinski definition) is 1. The lowest BCUT2D eigenvalue weighted by atomic mass is 9.87. The molecule has 1 N–H and O–H groups in total. The van der Waals surface area contributed by atoms with Crippen molar-refractivity contribution in [3.8, 4) is 11.5 Å². The first kappa shape index (κ1) is 22.6. The molecule has 0 radical (unpaired) electrons. The molecule has 1 heterocycles. The van der Waals surface area contributed by atoms with E-state index < -0.39 is 5.97 Å². The van der Waals surface area contributed by atoms with Crippen LogP contribution in [0.1, 0.15) is 36.0 Å². The summed E-state index contributed by atoms with van der Waals surface area (Å²) in [6.45, 7) is 6.33. The first-order valence-corrected chi connectivity index (χ1v) is 11.5. The number of benzene rings is 3. The molecule has 5 nitrogen and oxygen atoms in total. The largest absolute Gasteiger partial charge is 0.484 e. The normalized spacial score (nSPS) is 11.2. The second-order valence-electron chi connectivity index (χ2n) is 8.63. The van der Waals surface area contributed by atoms with Gasteiger partial charge in [0.15, 0.2) is 6.61 Å². The van der Waals surface area contributed by atoms with Gasteiger partial charge in [-0.2, -0.15) is 0 Å². The molecule has 6 heteroatoms. The van der Waals surface area contributed by atoms with Crippen molar-refractivity contribution >= 4 is 39.7 Å². The highest BCUT2D eigenvalue weighted by atomic mass is 32.1. The lowest BCUT2D eigenvalue weighted by Gasteiger charge is -2.19. The van der Waals surface area contributed by atoms with E-state index in [1.165, 1.54) is 16.9 Å². The van der Waals surface area contributed by atoms with E-state index in [1.807, 2.05) is 53.9 Å². The van der Waals surface area contributed by atoms with Crippen LogP contribution in [0.15, 0.2) is 78.2 Å². The molecule has 1 aromatic heterocycles. The number of amides is 1. The predicted octanol–water partition coefficient (Wildman–Crippen LogP) is 6.44. The van der Waals surface area contributed by atoms with Crippen LogP contribution in [0.25, 0.3) is 10.8 Å². The number of fused-ring (bicyclic) bond motifs is 1. The molecule has 1 amide bonds. The first-order valence-electron chi connectivity index (χ1n) is 10.6. The zero-order valence-electron chi connectivity index (χ0n) is 18.8. The Labute approximate surface area is 197 Å². The first-order chi connectivity index (χ1) is 15.8. The third kappa shape index (κ3) is 5.41. The fraction of sp³-hybridized carbons (Fsp3) is 0.185. The average Bonchev–Trinajstić information content (AvgIpc) is 3.34. The maximum Gasteiger partial charge on any atom is 0.353 e. The zero-order chi connectivity index (χ0) is 23.4. The summed E-state index contributed by atoms with van der Waals surface area (Å²) in [6.07, 6.45) is 0. The summed E-state index contributed by atoms with van der Waals surface area (Å²) in [5.41, 5.74) is 1.88. The number of ether oxygens (including phenoxy) is 2. The van der Waals surface area contributed by atoms with Crippen LogP contribution in [0.4, 0.5) is 5.69 Å². The smallest absolute Gasteiger partial charge is 0.353 e. The molecule has 33 heavy (non-hydrogen) atoms. The standard InChI is InChI=1S/C27H25NO4S/c1-27(2,3)18-10-12-19(13-11-18)31-17-25(29)28-22-14-15-23(21-8-5-4-7-20(21)22)32-26(30)24-9-6-16-33-24/h4-16H,17H2,1-3H3,(H,28,29). The van der Waals surface area contributed by atoms with Gasteiger partial charge in [-0.15, -0.1) is 11.3 Å². The molecule has 3 aromatic carbocycles. The van der Waals surface area contributed by atoms with Crippen molar-refractivity contribution in [2.45, 2.75) is 26.2 Å². The minimum absolute atomic E-state index is 0.0568. The van der Waals surface area contributed by atoms with Crippen LogP contribution in [0, 0.1) is 0 Å². The van der Waals surface area contributed by atoms with Crippen LogP contribution >= 0.6 is 11.3 Å². The number of esters is 1. The number of carbonyl (C=O) groups excluding carboxylic acids is 2. The molecular weight excluding hydrogens is 434 g/mol. The highest BCUT2D eigenvalue weighted by molar-refractivity contribution is 7.12. The Morgan fingerprint density at radius 2 is 1.61 bits per heavy atom. The van der Waals surface area contributed by atoms with Crippen LogP contribution in [-0.2, 0) is 10.2 Å². The number of rotatable bonds is 6. The van der Waals surface area contributed by atoms with Crippen LogP contribution in [0.3, 0.4) is 0 Å². The molecule has 0 aliphatic carbocycles. The molecule has 0 spiro atoms. The van der Waals surface area contributed by atoms with Gasteiger partial charge < -0.3 is 14.8 Å². The van der Waals surface area contributed by atoms with Gasteiger partial charge in [-0.25, -0.2) is 4.79 Å². The Hall–Kier alpha value is -3.64. The van der Waals surface area contributed by atoms with Gasteiger partial charge in [0.25, 0.3) is 5.91 Å². The maximum absolute atomic E-state index is 12.6. The van der Waals surface area contributed by atoms with Gasteiger partial charge >= 0.3 is 5.97 Å². The maximum atomic E-state index is 12.6. The molecule has 0 aliphatic rings. The van der Waals surface area contributed by atoms with Crippen LogP contribution < -0.4 is 14.8 Å². The minimum atomic E-state index is -0.405. The number of nitrogens with one attached hydrogen (secondary N) is 1. The summed E-state index contributed by atoms with van der Waals surface area (Å²) in [6, 6.07) is 22.2. The Morgan fingerprint density at radius 3 is 2.27 bits per heavy atom. The monoisotopic (exact) mass is 459 g/mol. The molecular formula is C27H25NO4S. The topological polar surface area (TPSA) is 64.6 Å². The van der Waals surface area contributed by atoms with E-state index in [0.29, 0.717) is 22.1 Å². The Balaban J connectivity index is 1.45. The molecule has 0 fully saturated rings. The molecule has 168 valence electrons. The minimum Gasteiger partial charge on any atom is -0.484 e. The molecule has 0 saturated carbocycles. The number of anilines is 1. The molecule has 0 aliphatic heterocycles. The van der Waals surface area contributed by atoms with Crippen molar-refractivity contribution in [1.29, 1.82) is 0 Å². The lowest BCUT2D eigenvalue weighted by Crippen LogP contribution is -2.20. The van der Waals surface area contributed by atoms with Crippen LogP contribution in [0.5, 0.6) is 11.5 Å². The fourth-order valence-electron chi connectivity index (χ4n) is 3.40. The quantitative estimate of drug-likeness (QED) is 0.266. The Kier molecular flexibility index (Phi) is 6.47. The van der Waals surface area contributed by atoms with E-state index in [2.05, 4.69) is 26.1 Å². The fourth-order valence-corrected chi connectivity index (χ4v) is 4.00. The van der Waals surface area contributed by atoms with Gasteiger partial charge in [0, 0.05) is 16.5 Å². The van der Waals surface area contributed by atoms with Crippen molar-refractivity contribution in [2.24, 2.45) is 0 Å². The summed E-state index contributed by atoms with van der Waals surface area (Å²) in [4.78, 5) is 25.5. The summed E-state index contributed by atoms with van der Waals surface area (Å²) in [7, 11) is 0. The summed E-state index contributed by atoms with van der Waals surface area (Å²) >= 11 is 1.33. The third-order valence-electron chi connectivity index (χ3n) is 5.17. The predicted molar refractivity (Wildman–Crippen MR) is 132 cm³/mol. The molecule has 4 rings (SSSR count). The average molecular weight is 460 g/mol. The van der Waals surface area contributed by atoms with E-state index in [-0.39, 0.29) is 17.9 Å². The van der Waals surface area contributed by atoms with Gasteiger partial charge in [-0.1, -0.05) is 63.2 Å². The van der Waals surface area contributed by atoms with Gasteiger partial charge in [0.05, 0.1) is 0 Å². The molecule has 0 atom stereocenters. The lowest BCUT2D eigenvalue weighted by molar-refractivity contribution is -0.118. The van der Waals surface area contributed by atoms with Crippen molar-refractivity contribution in [2.75, 3.05) is 11.9 Å². The Bertz CT molecular complexity index is 1270. The number of carbonyl (C=O) groups is 2. The van der Waals surface area contributed by atoms with Gasteiger partial charge in [0.1, 0.15) is 16.4 Å². The zero-order valence-corrected chi connectivity index (χ0v) is 19.6. The van der Waals surface area contributed by atoms with Crippen molar-refractivity contribution < 1.29 is 19.1 Å². The molecule has 0 bridgehead atoms. The summed E-state index contributed by atoms with van der Waals surface area (Å²) in [5, 5.41) is 6.23. The van der Waals surface area contributed by atoms with E-state index >= 15 is 0 Å². The third-order valence-corrected chi connectivity index (χ3v) is 6.02. The summed E-state index contributed by atoms with van der Waals surface area (Å²) in [5.74, 6) is 0.400. The summed E-state index contributed by atoms with van der Waals surface area (Å²) < 4.78 is 11.3. The van der Waals surface area contributed by atoms with Gasteiger partial charge in [-0.3, -0.25) is 4.79 Å². The second kappa shape index (κ2) is 9.46. The van der Waals surface area contributed by atoms with Crippen LogP contribution in [0.2, 0.25) is 0 Å². The highest BCUT2D eigenvalue weighted by Gasteiger charge is 2.15. The van der Waals surface area contributed by atoms with Gasteiger partial charge in [0.2, 0.25) is 0 Å². The van der Waals surface area contributed by atoms with E-state index in [4.69, 9.17) is 9.47 Å². The van der Waals surface area contributed by atoms with Gasteiger partial charge in [-0.05, 0) is 46.7 Å². The second-order valence-corrected chi connectivity index (χ2v) is 9.58.